The molecular formula is C16H31NO2S. The molecule has 3 nitrogen and oxygen atoms in total. The van der Waals surface area contributed by atoms with E-state index in [0.29, 0.717) is 0 Å². The molecule has 0 aliphatic carbocycles. The van der Waals surface area contributed by atoms with Crippen LogP contribution in [0.2, 0.25) is 0 Å². The van der Waals surface area contributed by atoms with Gasteiger partial charge in [0.25, 0.3) is 0 Å². The van der Waals surface area contributed by atoms with E-state index in [1.165, 1.54) is 19.3 Å². The number of amides is 1. The van der Waals surface area contributed by atoms with E-state index >= 15 is 0 Å². The van der Waals surface area contributed by atoms with E-state index in [2.05, 4.69) is 6.92 Å². The molecule has 0 aliphatic heterocycles. The highest BCUT2D eigenvalue weighted by molar-refractivity contribution is 7.97. The molecule has 1 amide bonds. The number of rotatable bonds is 8. The van der Waals surface area contributed by atoms with Crippen LogP contribution >= 0.6 is 11.9 Å². The fourth-order valence-corrected chi connectivity index (χ4v) is 2.67. The molecule has 0 radical (unpaired) electrons. The van der Waals surface area contributed by atoms with E-state index < -0.39 is 5.60 Å². The maximum Gasteiger partial charge on any atom is 0.420 e. The van der Waals surface area contributed by atoms with Crippen LogP contribution in [-0.4, -0.2) is 27.8 Å². The van der Waals surface area contributed by atoms with E-state index in [-0.39, 0.29) is 12.1 Å². The lowest BCUT2D eigenvalue weighted by molar-refractivity contribution is 0.0384. The summed E-state index contributed by atoms with van der Waals surface area (Å²) in [5, 5.41) is 0. The molecule has 0 bridgehead atoms. The van der Waals surface area contributed by atoms with Crippen LogP contribution in [0.4, 0.5) is 4.79 Å². The quantitative estimate of drug-likeness (QED) is 0.341. The minimum atomic E-state index is -0.451. The molecule has 0 unspecified atom stereocenters. The second-order valence-corrected chi connectivity index (χ2v) is 7.03. The Morgan fingerprint density at radius 3 is 2.45 bits per heavy atom. The molecule has 0 aromatic carbocycles. The van der Waals surface area contributed by atoms with E-state index in [1.54, 1.807) is 16.3 Å². The molecule has 118 valence electrons. The van der Waals surface area contributed by atoms with E-state index in [4.69, 9.17) is 4.74 Å². The molecule has 1 atom stereocenters. The highest BCUT2D eigenvalue weighted by Crippen LogP contribution is 2.22. The number of ether oxygens (including phenoxy) is 1. The number of unbranched alkanes of at least 4 members (excludes halogenated alkanes) is 3. The third kappa shape index (κ3) is 9.29. The van der Waals surface area contributed by atoms with Crippen molar-refractivity contribution in [2.75, 3.05) is 5.75 Å². The second kappa shape index (κ2) is 10.1. The Bertz CT molecular complexity index is 297. The fourth-order valence-electron chi connectivity index (χ4n) is 1.69. The van der Waals surface area contributed by atoms with Gasteiger partial charge in [0.2, 0.25) is 0 Å². The summed E-state index contributed by atoms with van der Waals surface area (Å²) in [4.78, 5) is 12.2. The lowest BCUT2D eigenvalue weighted by atomic mass is 10.2. The van der Waals surface area contributed by atoms with Crippen molar-refractivity contribution >= 4 is 18.0 Å². The van der Waals surface area contributed by atoms with Gasteiger partial charge < -0.3 is 4.74 Å². The van der Waals surface area contributed by atoms with Gasteiger partial charge in [-0.1, -0.05) is 38.3 Å². The molecule has 0 aromatic heterocycles. The maximum absolute atomic E-state index is 12.2. The van der Waals surface area contributed by atoms with Gasteiger partial charge >= 0.3 is 6.09 Å². The Balaban J connectivity index is 4.45. The number of allylic oxidation sites excluding steroid dienone is 1. The molecule has 4 heteroatoms. The van der Waals surface area contributed by atoms with Crippen LogP contribution in [-0.2, 0) is 4.74 Å². The van der Waals surface area contributed by atoms with E-state index in [1.807, 2.05) is 46.8 Å². The first-order chi connectivity index (χ1) is 9.31. The van der Waals surface area contributed by atoms with Crippen molar-refractivity contribution in [1.82, 2.24) is 4.31 Å². The minimum absolute atomic E-state index is 0.0472. The standard InChI is InChI=1S/C16H31NO2S/c1-7-9-10-11-13-20-17(14(3)12-8-2)15(18)19-16(4,5)6/h8,12,14H,7,9-11,13H2,1-6H3/b12-8+/t14-/m0/s1. The van der Waals surface area contributed by atoms with E-state index in [0.717, 1.165) is 12.2 Å². The molecule has 0 saturated carbocycles. The molecule has 0 N–H and O–H groups in total. The van der Waals surface area contributed by atoms with Crippen LogP contribution in [0, 0.1) is 0 Å². The zero-order chi connectivity index (χ0) is 15.6. The summed E-state index contributed by atoms with van der Waals surface area (Å²) in [6.45, 7) is 11.9. The van der Waals surface area contributed by atoms with Crippen molar-refractivity contribution < 1.29 is 9.53 Å². The van der Waals surface area contributed by atoms with Crippen molar-refractivity contribution in [2.24, 2.45) is 0 Å². The predicted octanol–water partition coefficient (Wildman–Crippen LogP) is 5.42. The first-order valence-electron chi connectivity index (χ1n) is 7.59. The van der Waals surface area contributed by atoms with Gasteiger partial charge in [-0.05, 0) is 53.0 Å². The smallest absolute Gasteiger partial charge is 0.420 e. The summed E-state index contributed by atoms with van der Waals surface area (Å²) in [5.74, 6) is 0.959. The average molecular weight is 301 g/mol. The van der Waals surface area contributed by atoms with Gasteiger partial charge in [0.1, 0.15) is 5.60 Å². The number of carbonyl (C=O) groups is 1. The zero-order valence-electron chi connectivity index (χ0n) is 13.9. The molecule has 0 aromatic rings. The molecule has 0 heterocycles. The molecule has 20 heavy (non-hydrogen) atoms. The molecular weight excluding hydrogens is 270 g/mol. The zero-order valence-corrected chi connectivity index (χ0v) is 14.8. The third-order valence-electron chi connectivity index (χ3n) is 2.64. The second-order valence-electron chi connectivity index (χ2n) is 5.97. The van der Waals surface area contributed by atoms with Gasteiger partial charge in [-0.2, -0.15) is 0 Å². The van der Waals surface area contributed by atoms with E-state index in [9.17, 15) is 4.79 Å². The Kier molecular flexibility index (Phi) is 9.82. The first-order valence-corrected chi connectivity index (χ1v) is 8.54. The van der Waals surface area contributed by atoms with Crippen LogP contribution < -0.4 is 0 Å². The van der Waals surface area contributed by atoms with Gasteiger partial charge in [-0.25, -0.2) is 9.10 Å². The topological polar surface area (TPSA) is 29.5 Å². The lowest BCUT2D eigenvalue weighted by Crippen LogP contribution is -2.37. The average Bonchev–Trinajstić information content (AvgIpc) is 2.31. The van der Waals surface area contributed by atoms with Gasteiger partial charge in [0.15, 0.2) is 0 Å². The van der Waals surface area contributed by atoms with Crippen molar-refractivity contribution in [3.05, 3.63) is 12.2 Å². The minimum Gasteiger partial charge on any atom is -0.443 e. The number of carbonyl (C=O) groups excluding carboxylic acids is 1. The third-order valence-corrected chi connectivity index (χ3v) is 3.87. The van der Waals surface area contributed by atoms with Gasteiger partial charge in [0, 0.05) is 5.75 Å². The normalized spacial score (nSPS) is 13.5. The Morgan fingerprint density at radius 2 is 1.95 bits per heavy atom. The summed E-state index contributed by atoms with van der Waals surface area (Å²) in [5.41, 5.74) is -0.451. The number of hydrogen-bond donors (Lipinski definition) is 0. The van der Waals surface area contributed by atoms with Crippen LogP contribution in [0.1, 0.15) is 67.2 Å². The van der Waals surface area contributed by atoms with Crippen LogP contribution in [0.3, 0.4) is 0 Å². The van der Waals surface area contributed by atoms with Crippen molar-refractivity contribution in [3.8, 4) is 0 Å². The van der Waals surface area contributed by atoms with Crippen LogP contribution in [0.15, 0.2) is 12.2 Å². The monoisotopic (exact) mass is 301 g/mol. The maximum atomic E-state index is 12.2. The number of nitrogens with zero attached hydrogens (tertiary/aromatic N) is 1. The Hall–Kier alpha value is -0.640. The SMILES string of the molecule is C/C=C/[C@H](C)N(SCCCCCC)C(=O)OC(C)(C)C. The lowest BCUT2D eigenvalue weighted by Gasteiger charge is -2.29. The molecule has 0 saturated heterocycles. The Labute approximate surface area is 129 Å². The number of hydrogen-bond acceptors (Lipinski definition) is 3. The summed E-state index contributed by atoms with van der Waals surface area (Å²) >= 11 is 1.58. The fraction of sp³-hybridized carbons (Fsp3) is 0.812. The molecule has 0 spiro atoms. The summed E-state index contributed by atoms with van der Waals surface area (Å²) in [7, 11) is 0. The predicted molar refractivity (Wildman–Crippen MR) is 88.9 cm³/mol. The first kappa shape index (κ1) is 19.4. The highest BCUT2D eigenvalue weighted by atomic mass is 32.2. The van der Waals surface area contributed by atoms with Gasteiger partial charge in [-0.15, -0.1) is 0 Å². The van der Waals surface area contributed by atoms with Gasteiger partial charge in [-0.3, -0.25) is 0 Å². The largest absolute Gasteiger partial charge is 0.443 e. The highest BCUT2D eigenvalue weighted by Gasteiger charge is 2.25. The summed E-state index contributed by atoms with van der Waals surface area (Å²) in [6.07, 6.45) is 8.60. The Morgan fingerprint density at radius 1 is 1.30 bits per heavy atom. The molecule has 0 rings (SSSR count). The van der Waals surface area contributed by atoms with Crippen molar-refractivity contribution in [3.63, 3.8) is 0 Å². The van der Waals surface area contributed by atoms with Crippen molar-refractivity contribution in [2.45, 2.75) is 78.9 Å². The molecule has 0 aliphatic rings. The van der Waals surface area contributed by atoms with Crippen LogP contribution in [0.5, 0.6) is 0 Å². The summed E-state index contributed by atoms with van der Waals surface area (Å²) < 4.78 is 7.23. The van der Waals surface area contributed by atoms with Gasteiger partial charge in [0.05, 0.1) is 6.04 Å². The van der Waals surface area contributed by atoms with Crippen molar-refractivity contribution in [1.29, 1.82) is 0 Å². The van der Waals surface area contributed by atoms with Crippen LogP contribution in [0.25, 0.3) is 0 Å². The molecule has 0 fully saturated rings. The summed E-state index contributed by atoms with van der Waals surface area (Å²) in [6, 6.07) is 0.0472.